The average Bonchev–Trinajstić information content (AvgIpc) is 2.54. The van der Waals surface area contributed by atoms with Crippen LogP contribution in [0.2, 0.25) is 0 Å². The highest BCUT2D eigenvalue weighted by Crippen LogP contribution is 2.31. The molecule has 0 aromatic heterocycles. The van der Waals surface area contributed by atoms with E-state index in [1.54, 1.807) is 4.99 Å². The Morgan fingerprint density at radius 2 is 2.27 bits per heavy atom. The van der Waals surface area contributed by atoms with Crippen molar-refractivity contribution < 1.29 is 14.6 Å². The van der Waals surface area contributed by atoms with Crippen molar-refractivity contribution in [1.82, 2.24) is 0 Å². The lowest BCUT2D eigenvalue weighted by molar-refractivity contribution is -0.139. The van der Waals surface area contributed by atoms with Crippen molar-refractivity contribution in [1.29, 1.82) is 0 Å². The molecule has 3 nitrogen and oxygen atoms in total. The Kier molecular flexibility index (Phi) is 5.32. The largest absolute Gasteiger partial charge is 0.458 e. The third kappa shape index (κ3) is 3.05. The van der Waals surface area contributed by atoms with Crippen LogP contribution in [0.1, 0.15) is 32.6 Å². The van der Waals surface area contributed by atoms with Crippen molar-refractivity contribution in [2.24, 2.45) is 5.92 Å². The van der Waals surface area contributed by atoms with Crippen molar-refractivity contribution >= 4 is 21.9 Å². The summed E-state index contributed by atoms with van der Waals surface area (Å²) in [5.74, 6) is -0.457. The van der Waals surface area contributed by atoms with E-state index < -0.39 is 0 Å². The maximum atomic E-state index is 11.4. The zero-order valence-electron chi connectivity index (χ0n) is 8.91. The van der Waals surface area contributed by atoms with Crippen LogP contribution in [0.5, 0.6) is 0 Å². The van der Waals surface area contributed by atoms with Crippen molar-refractivity contribution in [3.63, 3.8) is 0 Å². The Bertz CT molecular complexity index is 250. The number of rotatable bonds is 5. The van der Waals surface area contributed by atoms with Crippen LogP contribution in [0.25, 0.3) is 0 Å². The molecule has 0 amide bonds. The Balaban J connectivity index is 2.55. The second kappa shape index (κ2) is 6.28. The van der Waals surface area contributed by atoms with Gasteiger partial charge in [0.1, 0.15) is 6.10 Å². The molecule has 4 heteroatoms. The molecule has 0 aliphatic carbocycles. The summed E-state index contributed by atoms with van der Waals surface area (Å²) in [6.07, 6.45) is 4.03. The van der Waals surface area contributed by atoms with Gasteiger partial charge in [0.2, 0.25) is 0 Å². The van der Waals surface area contributed by atoms with E-state index in [1.165, 1.54) is 0 Å². The van der Waals surface area contributed by atoms with E-state index in [0.717, 1.165) is 25.7 Å². The lowest BCUT2D eigenvalue weighted by Gasteiger charge is -2.14. The fourth-order valence-corrected chi connectivity index (χ4v) is 2.36. The van der Waals surface area contributed by atoms with Gasteiger partial charge in [-0.25, -0.2) is 4.79 Å². The Labute approximate surface area is 98.6 Å². The minimum atomic E-state index is -0.299. The predicted molar refractivity (Wildman–Crippen MR) is 61.6 cm³/mol. The summed E-state index contributed by atoms with van der Waals surface area (Å²) in [6.45, 7) is 2.11. The molecule has 0 aromatic carbocycles. The first-order valence-corrected chi connectivity index (χ1v) is 6.28. The van der Waals surface area contributed by atoms with Gasteiger partial charge in [-0.05, 0) is 17.8 Å². The van der Waals surface area contributed by atoms with Gasteiger partial charge in [-0.1, -0.05) is 35.7 Å². The summed E-state index contributed by atoms with van der Waals surface area (Å²) >= 11 is 3.13. The van der Waals surface area contributed by atoms with Gasteiger partial charge in [0.15, 0.2) is 0 Å². The van der Waals surface area contributed by atoms with Crippen LogP contribution in [0.3, 0.4) is 0 Å². The van der Waals surface area contributed by atoms with E-state index in [0.29, 0.717) is 5.57 Å². The van der Waals surface area contributed by atoms with Crippen LogP contribution in [0, 0.1) is 5.92 Å². The summed E-state index contributed by atoms with van der Waals surface area (Å²) in [4.78, 5) is 13.0. The molecule has 1 aliphatic rings. The van der Waals surface area contributed by atoms with Crippen molar-refractivity contribution in [2.75, 3.05) is 6.61 Å². The van der Waals surface area contributed by atoms with Crippen molar-refractivity contribution in [3.8, 4) is 0 Å². The quantitative estimate of drug-likeness (QED) is 0.477. The van der Waals surface area contributed by atoms with Gasteiger partial charge in [-0.3, -0.25) is 0 Å². The standard InChI is InChI=1S/C11H17BrO3/c1-2-3-4-5-10-9(7-13)8(6-12)11(14)15-10/h6,9-10,13H,2-5,7H2,1H3/b8-6+/t9-,10+/m1/s1. The Morgan fingerprint density at radius 3 is 2.80 bits per heavy atom. The number of halogens is 1. The highest BCUT2D eigenvalue weighted by atomic mass is 79.9. The van der Waals surface area contributed by atoms with Gasteiger partial charge in [0.05, 0.1) is 18.1 Å². The van der Waals surface area contributed by atoms with Gasteiger partial charge in [-0.15, -0.1) is 0 Å². The number of unbranched alkanes of at least 4 members (excludes halogenated alkanes) is 2. The molecular formula is C11H17BrO3. The molecule has 0 spiro atoms. The number of hydrogen-bond acceptors (Lipinski definition) is 3. The molecule has 1 aliphatic heterocycles. The molecule has 1 N–H and O–H groups in total. The fraction of sp³-hybridized carbons (Fsp3) is 0.727. The summed E-state index contributed by atoms with van der Waals surface area (Å²) in [7, 11) is 0. The van der Waals surface area contributed by atoms with Crippen LogP contribution < -0.4 is 0 Å². The molecule has 0 aromatic rings. The number of aliphatic hydroxyl groups excluding tert-OH is 1. The summed E-state index contributed by atoms with van der Waals surface area (Å²) in [5, 5.41) is 9.22. The van der Waals surface area contributed by atoms with Crippen LogP contribution in [-0.2, 0) is 9.53 Å². The molecule has 0 saturated carbocycles. The molecule has 1 heterocycles. The topological polar surface area (TPSA) is 46.5 Å². The third-order valence-corrected chi connectivity index (χ3v) is 3.24. The highest BCUT2D eigenvalue weighted by Gasteiger charge is 2.38. The molecule has 86 valence electrons. The second-order valence-electron chi connectivity index (χ2n) is 3.79. The van der Waals surface area contributed by atoms with Crippen molar-refractivity contribution in [3.05, 3.63) is 10.6 Å². The Hall–Kier alpha value is -0.350. The van der Waals surface area contributed by atoms with Gasteiger partial charge in [-0.2, -0.15) is 0 Å². The number of ether oxygens (including phenoxy) is 1. The maximum Gasteiger partial charge on any atom is 0.335 e. The number of carbonyl (C=O) groups excluding carboxylic acids is 1. The van der Waals surface area contributed by atoms with E-state index in [2.05, 4.69) is 22.9 Å². The first-order chi connectivity index (χ1) is 7.24. The zero-order chi connectivity index (χ0) is 11.3. The zero-order valence-corrected chi connectivity index (χ0v) is 10.5. The molecular weight excluding hydrogens is 260 g/mol. The second-order valence-corrected chi connectivity index (χ2v) is 4.25. The minimum Gasteiger partial charge on any atom is -0.458 e. The van der Waals surface area contributed by atoms with Gasteiger partial charge < -0.3 is 9.84 Å². The average molecular weight is 277 g/mol. The summed E-state index contributed by atoms with van der Waals surface area (Å²) in [5.41, 5.74) is 0.555. The van der Waals surface area contributed by atoms with E-state index in [9.17, 15) is 9.90 Å². The Morgan fingerprint density at radius 1 is 1.53 bits per heavy atom. The smallest absolute Gasteiger partial charge is 0.335 e. The molecule has 1 rings (SSSR count). The van der Waals surface area contributed by atoms with E-state index >= 15 is 0 Å². The number of aliphatic hydroxyl groups is 1. The first-order valence-electron chi connectivity index (χ1n) is 5.36. The maximum absolute atomic E-state index is 11.4. The van der Waals surface area contributed by atoms with E-state index in [-0.39, 0.29) is 24.6 Å². The van der Waals surface area contributed by atoms with Crippen LogP contribution in [0.15, 0.2) is 10.6 Å². The molecule has 1 saturated heterocycles. The van der Waals surface area contributed by atoms with Gasteiger partial charge in [0, 0.05) is 0 Å². The molecule has 2 atom stereocenters. The van der Waals surface area contributed by atoms with Gasteiger partial charge in [0.25, 0.3) is 0 Å². The number of carbonyl (C=O) groups is 1. The normalized spacial score (nSPS) is 28.5. The monoisotopic (exact) mass is 276 g/mol. The van der Waals surface area contributed by atoms with Crippen LogP contribution in [-0.4, -0.2) is 23.8 Å². The molecule has 1 fully saturated rings. The minimum absolute atomic E-state index is 0.0278. The molecule has 0 radical (unpaired) electrons. The summed E-state index contributed by atoms with van der Waals surface area (Å²) < 4.78 is 5.22. The number of cyclic esters (lactones) is 1. The summed E-state index contributed by atoms with van der Waals surface area (Å²) in [6, 6.07) is 0. The predicted octanol–water partition coefficient (Wildman–Crippen LogP) is 2.38. The van der Waals surface area contributed by atoms with E-state index in [4.69, 9.17) is 4.74 Å². The fourth-order valence-electron chi connectivity index (χ4n) is 1.84. The van der Waals surface area contributed by atoms with Crippen LogP contribution >= 0.6 is 15.9 Å². The number of hydrogen-bond donors (Lipinski definition) is 1. The van der Waals surface area contributed by atoms with Gasteiger partial charge >= 0.3 is 5.97 Å². The van der Waals surface area contributed by atoms with Crippen molar-refractivity contribution in [2.45, 2.75) is 38.7 Å². The molecule has 0 unspecified atom stereocenters. The highest BCUT2D eigenvalue weighted by molar-refractivity contribution is 9.11. The first kappa shape index (κ1) is 12.7. The lowest BCUT2D eigenvalue weighted by atomic mass is 9.94. The lowest BCUT2D eigenvalue weighted by Crippen LogP contribution is -2.20. The third-order valence-electron chi connectivity index (χ3n) is 2.75. The van der Waals surface area contributed by atoms with E-state index in [1.807, 2.05) is 0 Å². The van der Waals surface area contributed by atoms with Crippen LogP contribution in [0.4, 0.5) is 0 Å². The SMILES string of the molecule is CCCCC[C@@H]1OC(=O)/C(=C/Br)[C@H]1CO. The molecule has 0 bridgehead atoms. The molecule has 15 heavy (non-hydrogen) atoms. The number of esters is 1.